The predicted molar refractivity (Wildman–Crippen MR) is 104 cm³/mol. The quantitative estimate of drug-likeness (QED) is 0.334. The van der Waals surface area contributed by atoms with E-state index in [1.807, 2.05) is 6.08 Å². The van der Waals surface area contributed by atoms with Crippen LogP contribution in [0.5, 0.6) is 0 Å². The van der Waals surface area contributed by atoms with Crippen molar-refractivity contribution in [1.29, 1.82) is 0 Å². The van der Waals surface area contributed by atoms with Crippen molar-refractivity contribution in [1.82, 2.24) is 0 Å². The lowest BCUT2D eigenvalue weighted by Crippen LogP contribution is -2.14. The maximum Gasteiger partial charge on any atom is 0.0716 e. The van der Waals surface area contributed by atoms with Gasteiger partial charge in [0.15, 0.2) is 0 Å². The molecular formula is C23H34O. The summed E-state index contributed by atoms with van der Waals surface area (Å²) in [5.41, 5.74) is 2.75. The Labute approximate surface area is 148 Å². The van der Waals surface area contributed by atoms with E-state index in [2.05, 4.69) is 43.5 Å². The molecule has 0 spiro atoms. The lowest BCUT2D eigenvalue weighted by Gasteiger charge is -2.27. The molecule has 24 heavy (non-hydrogen) atoms. The summed E-state index contributed by atoms with van der Waals surface area (Å²) < 4.78 is 5.69. The van der Waals surface area contributed by atoms with Crippen molar-refractivity contribution in [3.63, 3.8) is 0 Å². The third-order valence-electron chi connectivity index (χ3n) is 5.30. The van der Waals surface area contributed by atoms with E-state index in [-0.39, 0.29) is 0 Å². The first-order valence-electron chi connectivity index (χ1n) is 9.69. The molecular weight excluding hydrogens is 292 g/mol. The van der Waals surface area contributed by atoms with Crippen LogP contribution in [0.3, 0.4) is 0 Å². The zero-order valence-electron chi connectivity index (χ0n) is 15.2. The van der Waals surface area contributed by atoms with Crippen LogP contribution in [0.15, 0.2) is 49.6 Å². The summed E-state index contributed by atoms with van der Waals surface area (Å²) >= 11 is 0. The van der Waals surface area contributed by atoms with E-state index in [0.717, 1.165) is 37.9 Å². The molecule has 2 rings (SSSR count). The van der Waals surface area contributed by atoms with Gasteiger partial charge in [0.1, 0.15) is 0 Å². The Hall–Kier alpha value is -1.34. The molecule has 0 atom stereocenters. The minimum Gasteiger partial charge on any atom is -0.377 e. The first-order valence-corrected chi connectivity index (χ1v) is 9.69. The molecule has 0 aliphatic heterocycles. The highest BCUT2D eigenvalue weighted by Gasteiger charge is 2.19. The Bertz CT molecular complexity index is 465. The van der Waals surface area contributed by atoms with Gasteiger partial charge in [0.05, 0.1) is 6.61 Å². The van der Waals surface area contributed by atoms with E-state index in [4.69, 9.17) is 4.74 Å². The number of benzene rings is 1. The monoisotopic (exact) mass is 326 g/mol. The number of hydrogen-bond acceptors (Lipinski definition) is 1. The molecule has 0 amide bonds. The second-order valence-electron chi connectivity index (χ2n) is 7.25. The van der Waals surface area contributed by atoms with Gasteiger partial charge in [-0.3, -0.25) is 0 Å². The standard InChI is InChI=1S/C23H34O/c1-3-5-6-18-24-19-23-16-14-22(15-17-23)13-12-21-10-8-20(7-4-2)9-11-21/h3-4,14-17,20-21H,1-2,5-13,18-19H2/t20-,21-. The van der Waals surface area contributed by atoms with Gasteiger partial charge in [-0.1, -0.05) is 49.3 Å². The Morgan fingerprint density at radius 3 is 2.25 bits per heavy atom. The van der Waals surface area contributed by atoms with Gasteiger partial charge in [-0.05, 0) is 67.9 Å². The Morgan fingerprint density at radius 2 is 1.58 bits per heavy atom. The van der Waals surface area contributed by atoms with Gasteiger partial charge < -0.3 is 4.74 Å². The van der Waals surface area contributed by atoms with Crippen LogP contribution in [0.1, 0.15) is 62.5 Å². The summed E-state index contributed by atoms with van der Waals surface area (Å²) in [5, 5.41) is 0. The summed E-state index contributed by atoms with van der Waals surface area (Å²) in [6.07, 6.45) is 15.5. The van der Waals surface area contributed by atoms with Gasteiger partial charge in [-0.15, -0.1) is 13.2 Å². The van der Waals surface area contributed by atoms with Crippen LogP contribution in [0.25, 0.3) is 0 Å². The number of rotatable bonds is 11. The van der Waals surface area contributed by atoms with Gasteiger partial charge in [0.25, 0.3) is 0 Å². The summed E-state index contributed by atoms with van der Waals surface area (Å²) in [7, 11) is 0. The maximum atomic E-state index is 5.69. The van der Waals surface area contributed by atoms with Gasteiger partial charge >= 0.3 is 0 Å². The Kier molecular flexibility index (Phi) is 8.91. The molecule has 1 fully saturated rings. The van der Waals surface area contributed by atoms with E-state index < -0.39 is 0 Å². The molecule has 0 aromatic heterocycles. The lowest BCUT2D eigenvalue weighted by atomic mass is 9.78. The average Bonchev–Trinajstić information content (AvgIpc) is 2.62. The molecule has 0 N–H and O–H groups in total. The van der Waals surface area contributed by atoms with E-state index >= 15 is 0 Å². The fourth-order valence-electron chi connectivity index (χ4n) is 3.68. The van der Waals surface area contributed by atoms with Crippen LogP contribution in [-0.4, -0.2) is 6.61 Å². The van der Waals surface area contributed by atoms with Crippen molar-refractivity contribution in [2.24, 2.45) is 11.8 Å². The Balaban J connectivity index is 1.63. The summed E-state index contributed by atoms with van der Waals surface area (Å²) in [6.45, 7) is 9.15. The molecule has 1 aromatic carbocycles. The predicted octanol–water partition coefficient (Wildman–Crippen LogP) is 6.48. The molecule has 1 aromatic rings. The normalized spacial score (nSPS) is 20.7. The molecule has 0 unspecified atom stereocenters. The van der Waals surface area contributed by atoms with Crippen molar-refractivity contribution in [2.75, 3.05) is 6.61 Å². The van der Waals surface area contributed by atoms with E-state index in [0.29, 0.717) is 0 Å². The molecule has 1 saturated carbocycles. The van der Waals surface area contributed by atoms with Gasteiger partial charge in [-0.25, -0.2) is 0 Å². The maximum absolute atomic E-state index is 5.69. The molecule has 0 heterocycles. The molecule has 1 nitrogen and oxygen atoms in total. The van der Waals surface area contributed by atoms with Crippen LogP contribution < -0.4 is 0 Å². The highest BCUT2D eigenvalue weighted by molar-refractivity contribution is 5.22. The summed E-state index contributed by atoms with van der Waals surface area (Å²) in [4.78, 5) is 0. The molecule has 1 aliphatic rings. The molecule has 0 bridgehead atoms. The van der Waals surface area contributed by atoms with Crippen molar-refractivity contribution in [3.8, 4) is 0 Å². The topological polar surface area (TPSA) is 9.23 Å². The highest BCUT2D eigenvalue weighted by atomic mass is 16.5. The molecule has 1 aliphatic carbocycles. The van der Waals surface area contributed by atoms with Crippen molar-refractivity contribution < 1.29 is 4.74 Å². The van der Waals surface area contributed by atoms with Crippen LogP contribution in [0, 0.1) is 11.8 Å². The number of aryl methyl sites for hydroxylation is 1. The van der Waals surface area contributed by atoms with E-state index in [9.17, 15) is 0 Å². The zero-order chi connectivity index (χ0) is 17.0. The third kappa shape index (κ3) is 7.05. The first-order chi connectivity index (χ1) is 11.8. The SMILES string of the molecule is C=CCCCOCc1ccc(CC[C@H]2CC[C@H](CC=C)CC2)cc1. The molecule has 132 valence electrons. The van der Waals surface area contributed by atoms with Crippen LogP contribution in [-0.2, 0) is 17.8 Å². The minimum atomic E-state index is 0.727. The number of unbranched alkanes of at least 4 members (excludes halogenated alkanes) is 1. The van der Waals surface area contributed by atoms with Crippen molar-refractivity contribution in [2.45, 2.75) is 64.4 Å². The fraction of sp³-hybridized carbons (Fsp3) is 0.565. The third-order valence-corrected chi connectivity index (χ3v) is 5.30. The van der Waals surface area contributed by atoms with E-state index in [1.165, 1.54) is 56.1 Å². The Morgan fingerprint density at radius 1 is 0.917 bits per heavy atom. The fourth-order valence-corrected chi connectivity index (χ4v) is 3.68. The van der Waals surface area contributed by atoms with Crippen LogP contribution in [0.2, 0.25) is 0 Å². The summed E-state index contributed by atoms with van der Waals surface area (Å²) in [5.74, 6) is 1.84. The van der Waals surface area contributed by atoms with Crippen LogP contribution >= 0.6 is 0 Å². The van der Waals surface area contributed by atoms with Gasteiger partial charge in [-0.2, -0.15) is 0 Å². The number of allylic oxidation sites excluding steroid dienone is 2. The van der Waals surface area contributed by atoms with Crippen molar-refractivity contribution in [3.05, 3.63) is 60.7 Å². The van der Waals surface area contributed by atoms with Crippen molar-refractivity contribution >= 4 is 0 Å². The largest absolute Gasteiger partial charge is 0.377 e. The summed E-state index contributed by atoms with van der Waals surface area (Å²) in [6, 6.07) is 9.02. The average molecular weight is 327 g/mol. The van der Waals surface area contributed by atoms with Crippen LogP contribution in [0.4, 0.5) is 0 Å². The smallest absolute Gasteiger partial charge is 0.0716 e. The second-order valence-corrected chi connectivity index (χ2v) is 7.25. The van der Waals surface area contributed by atoms with Gasteiger partial charge in [0, 0.05) is 6.61 Å². The molecule has 0 saturated heterocycles. The van der Waals surface area contributed by atoms with Gasteiger partial charge in [0.2, 0.25) is 0 Å². The molecule has 1 heteroatoms. The zero-order valence-corrected chi connectivity index (χ0v) is 15.2. The first kappa shape index (κ1) is 19.0. The molecule has 0 radical (unpaired) electrons. The second kappa shape index (κ2) is 11.3. The van der Waals surface area contributed by atoms with E-state index in [1.54, 1.807) is 0 Å². The number of hydrogen-bond donors (Lipinski definition) is 0. The minimum absolute atomic E-state index is 0.727. The lowest BCUT2D eigenvalue weighted by molar-refractivity contribution is 0.119. The number of ether oxygens (including phenoxy) is 1. The highest BCUT2D eigenvalue weighted by Crippen LogP contribution is 2.33.